The van der Waals surface area contributed by atoms with Crippen LogP contribution in [-0.2, 0) is 15.9 Å². The molecule has 1 unspecified atom stereocenters. The van der Waals surface area contributed by atoms with E-state index in [0.717, 1.165) is 11.8 Å². The van der Waals surface area contributed by atoms with E-state index in [1.54, 1.807) is 11.8 Å². The Hall–Kier alpha value is -0.300. The van der Waals surface area contributed by atoms with E-state index in [-0.39, 0.29) is 16.0 Å². The Morgan fingerprint density at radius 1 is 1.53 bits per heavy atom. The molecule has 7 heteroatoms. The van der Waals surface area contributed by atoms with E-state index in [1.807, 2.05) is 6.92 Å². The molecule has 1 heterocycles. The highest BCUT2D eigenvalue weighted by Crippen LogP contribution is 2.27. The maximum atomic E-state index is 13.3. The Balaban J connectivity index is 2.41. The van der Waals surface area contributed by atoms with E-state index in [1.165, 1.54) is 16.4 Å². The summed E-state index contributed by atoms with van der Waals surface area (Å²) in [6.07, 6.45) is 0. The maximum Gasteiger partial charge on any atom is 0.243 e. The molecule has 0 spiro atoms. The van der Waals surface area contributed by atoms with Crippen LogP contribution in [0.15, 0.2) is 23.1 Å². The van der Waals surface area contributed by atoms with Crippen molar-refractivity contribution in [2.45, 2.75) is 22.9 Å². The first-order valence-corrected chi connectivity index (χ1v) is 8.93. The molecule has 1 aliphatic rings. The number of alkyl halides is 1. The fourth-order valence-corrected chi connectivity index (χ4v) is 5.32. The fourth-order valence-electron chi connectivity index (χ4n) is 2.02. The lowest BCUT2D eigenvalue weighted by Crippen LogP contribution is -2.41. The molecule has 0 radical (unpaired) electrons. The van der Waals surface area contributed by atoms with Crippen LogP contribution in [-0.4, -0.2) is 36.8 Å². The molecule has 3 nitrogen and oxygen atoms in total. The van der Waals surface area contributed by atoms with Crippen LogP contribution in [0.2, 0.25) is 0 Å². The van der Waals surface area contributed by atoms with Gasteiger partial charge >= 0.3 is 0 Å². The van der Waals surface area contributed by atoms with Gasteiger partial charge in [-0.2, -0.15) is 16.1 Å². The number of sulfonamides is 1. The van der Waals surface area contributed by atoms with Gasteiger partial charge in [-0.15, -0.1) is 11.6 Å². The zero-order valence-corrected chi connectivity index (χ0v) is 12.9. The third kappa shape index (κ3) is 3.24. The molecule has 0 aromatic heterocycles. The molecule has 0 amide bonds. The van der Waals surface area contributed by atoms with Crippen LogP contribution in [0.25, 0.3) is 0 Å². The largest absolute Gasteiger partial charge is 0.243 e. The second kappa shape index (κ2) is 5.99. The smallest absolute Gasteiger partial charge is 0.207 e. The van der Waals surface area contributed by atoms with Crippen molar-refractivity contribution >= 4 is 33.4 Å². The summed E-state index contributed by atoms with van der Waals surface area (Å²) in [5.74, 6) is 0.241. The number of hydrogen-bond acceptors (Lipinski definition) is 3. The van der Waals surface area contributed by atoms with Crippen LogP contribution >= 0.6 is 23.4 Å². The van der Waals surface area contributed by atoms with Gasteiger partial charge < -0.3 is 0 Å². The molecule has 1 aliphatic heterocycles. The Labute approximate surface area is 122 Å². The molecule has 0 bridgehead atoms. The van der Waals surface area contributed by atoms with E-state index in [0.29, 0.717) is 18.7 Å². The van der Waals surface area contributed by atoms with Crippen LogP contribution in [0.3, 0.4) is 0 Å². The molecule has 1 aromatic carbocycles. The van der Waals surface area contributed by atoms with E-state index < -0.39 is 15.8 Å². The fraction of sp³-hybridized carbons (Fsp3) is 0.500. The van der Waals surface area contributed by atoms with Crippen molar-refractivity contribution in [3.8, 4) is 0 Å². The topological polar surface area (TPSA) is 37.4 Å². The lowest BCUT2D eigenvalue weighted by molar-refractivity contribution is 0.423. The molecule has 1 aromatic rings. The van der Waals surface area contributed by atoms with Gasteiger partial charge in [0.15, 0.2) is 0 Å². The van der Waals surface area contributed by atoms with Crippen molar-refractivity contribution in [2.75, 3.05) is 18.8 Å². The van der Waals surface area contributed by atoms with Crippen LogP contribution < -0.4 is 0 Å². The number of benzene rings is 1. The minimum absolute atomic E-state index is 0.0124. The second-order valence-electron chi connectivity index (χ2n) is 4.43. The first-order valence-electron chi connectivity index (χ1n) is 5.91. The molecule has 2 rings (SSSR count). The van der Waals surface area contributed by atoms with Gasteiger partial charge in [0.1, 0.15) is 5.82 Å². The number of rotatable bonds is 3. The molecular formula is C12H15ClFNO2S2. The summed E-state index contributed by atoms with van der Waals surface area (Å²) in [5, 5.41) is 0.247. The molecule has 0 N–H and O–H groups in total. The van der Waals surface area contributed by atoms with Crippen LogP contribution in [0, 0.1) is 5.82 Å². The quantitative estimate of drug-likeness (QED) is 0.803. The normalized spacial score (nSPS) is 21.5. The molecule has 1 atom stereocenters. The average molecular weight is 324 g/mol. The molecular weight excluding hydrogens is 309 g/mol. The summed E-state index contributed by atoms with van der Waals surface area (Å²) < 4.78 is 39.9. The summed E-state index contributed by atoms with van der Waals surface area (Å²) in [7, 11) is -3.66. The third-order valence-corrected chi connectivity index (χ3v) is 6.37. The molecule has 1 fully saturated rings. The number of thioether (sulfide) groups is 1. The Morgan fingerprint density at radius 2 is 2.26 bits per heavy atom. The first-order chi connectivity index (χ1) is 8.95. The lowest BCUT2D eigenvalue weighted by Gasteiger charge is -2.30. The Bertz CT molecular complexity index is 565. The van der Waals surface area contributed by atoms with Crippen LogP contribution in [0.1, 0.15) is 12.5 Å². The van der Waals surface area contributed by atoms with Gasteiger partial charge in [0.05, 0.1) is 4.90 Å². The zero-order valence-electron chi connectivity index (χ0n) is 10.5. The summed E-state index contributed by atoms with van der Waals surface area (Å²) in [5.41, 5.74) is 0.439. The number of halogens is 2. The van der Waals surface area contributed by atoms with Crippen molar-refractivity contribution in [1.29, 1.82) is 0 Å². The minimum Gasteiger partial charge on any atom is -0.207 e. The van der Waals surface area contributed by atoms with E-state index in [9.17, 15) is 12.8 Å². The van der Waals surface area contributed by atoms with Gasteiger partial charge in [-0.3, -0.25) is 0 Å². The van der Waals surface area contributed by atoms with Gasteiger partial charge in [-0.1, -0.05) is 13.0 Å². The van der Waals surface area contributed by atoms with Gasteiger partial charge in [0.25, 0.3) is 0 Å². The lowest BCUT2D eigenvalue weighted by atomic mass is 10.2. The van der Waals surface area contributed by atoms with E-state index in [4.69, 9.17) is 11.6 Å². The summed E-state index contributed by atoms with van der Waals surface area (Å²) >= 11 is 7.49. The highest BCUT2D eigenvalue weighted by atomic mass is 35.5. The third-order valence-electron chi connectivity index (χ3n) is 2.99. The molecule has 0 aliphatic carbocycles. The predicted molar refractivity (Wildman–Crippen MR) is 76.6 cm³/mol. The number of hydrogen-bond donors (Lipinski definition) is 0. The van der Waals surface area contributed by atoms with Crippen molar-refractivity contribution in [1.82, 2.24) is 4.31 Å². The summed E-state index contributed by atoms with van der Waals surface area (Å²) in [6, 6.07) is 3.71. The van der Waals surface area contributed by atoms with Crippen LogP contribution in [0.5, 0.6) is 0 Å². The first kappa shape index (κ1) is 15.1. The highest BCUT2D eigenvalue weighted by molar-refractivity contribution is 8.00. The summed E-state index contributed by atoms with van der Waals surface area (Å²) in [6.45, 7) is 2.89. The second-order valence-corrected chi connectivity index (χ2v) is 8.15. The van der Waals surface area contributed by atoms with Crippen molar-refractivity contribution < 1.29 is 12.8 Å². The number of nitrogens with zero attached hydrogens (tertiary/aromatic N) is 1. The van der Waals surface area contributed by atoms with Gasteiger partial charge in [0, 0.05) is 30.0 Å². The van der Waals surface area contributed by atoms with Gasteiger partial charge in [0.2, 0.25) is 10.0 Å². The molecule has 19 heavy (non-hydrogen) atoms. The van der Waals surface area contributed by atoms with Gasteiger partial charge in [-0.05, 0) is 17.7 Å². The maximum absolute atomic E-state index is 13.3. The average Bonchev–Trinajstić information content (AvgIpc) is 2.38. The predicted octanol–water partition coefficient (Wildman–Crippen LogP) is 2.69. The minimum atomic E-state index is -3.66. The van der Waals surface area contributed by atoms with E-state index >= 15 is 0 Å². The van der Waals surface area contributed by atoms with Crippen molar-refractivity contribution in [2.24, 2.45) is 0 Å². The summed E-state index contributed by atoms with van der Waals surface area (Å²) in [4.78, 5) is -0.0124. The van der Waals surface area contributed by atoms with Crippen molar-refractivity contribution in [3.63, 3.8) is 0 Å². The highest BCUT2D eigenvalue weighted by Gasteiger charge is 2.30. The molecule has 1 saturated heterocycles. The SMILES string of the molecule is CC1CN(S(=O)(=O)c2cc(F)ccc2CCl)CCS1. The van der Waals surface area contributed by atoms with Crippen molar-refractivity contribution in [3.05, 3.63) is 29.6 Å². The van der Waals surface area contributed by atoms with Gasteiger partial charge in [-0.25, -0.2) is 12.8 Å². The van der Waals surface area contributed by atoms with Crippen LogP contribution in [0.4, 0.5) is 4.39 Å². The molecule has 106 valence electrons. The standard InChI is InChI=1S/C12H15ClFNO2S2/c1-9-8-15(4-5-18-9)19(16,17)12-6-11(14)3-2-10(12)7-13/h2-3,6,9H,4-5,7-8H2,1H3. The van der Waals surface area contributed by atoms with E-state index in [2.05, 4.69) is 0 Å². The Morgan fingerprint density at radius 3 is 2.89 bits per heavy atom. The molecule has 0 saturated carbocycles. The zero-order chi connectivity index (χ0) is 14.0. The Kier molecular flexibility index (Phi) is 4.76. The monoisotopic (exact) mass is 323 g/mol.